The fourth-order valence-electron chi connectivity index (χ4n) is 2.03. The number of Topliss-reactive ketones (excluding diaryl/α,β-unsaturated/α-hetero) is 1. The zero-order valence-corrected chi connectivity index (χ0v) is 10.4. The Hall–Kier alpha value is -2.55. The van der Waals surface area contributed by atoms with Crippen LogP contribution in [0.3, 0.4) is 0 Å². The van der Waals surface area contributed by atoms with E-state index in [-0.39, 0.29) is 12.3 Å². The highest BCUT2D eigenvalue weighted by molar-refractivity contribution is 5.95. The lowest BCUT2D eigenvalue weighted by Crippen LogP contribution is -2.41. The van der Waals surface area contributed by atoms with E-state index in [0.29, 0.717) is 5.56 Å². The summed E-state index contributed by atoms with van der Waals surface area (Å²) in [4.78, 5) is 12.1. The molecule has 0 amide bonds. The van der Waals surface area contributed by atoms with E-state index in [2.05, 4.69) is 5.10 Å². The maximum Gasteiger partial charge on any atom is 0.236 e. The van der Waals surface area contributed by atoms with Gasteiger partial charge in [-0.25, -0.2) is 0 Å². The minimum Gasteiger partial charge on any atom is -0.287 e. The standard InChI is InChI=1S/C16H13N2O/c19-16(13-6-2-1-3-7-13)12-18-11-15-9-5-4-8-14(15)10-17-18/h1-11H,12H2/q+1. The number of benzene rings is 2. The Morgan fingerprint density at radius 1 is 0.947 bits per heavy atom. The molecule has 0 atom stereocenters. The third-order valence-corrected chi connectivity index (χ3v) is 3.03. The number of ketones is 1. The summed E-state index contributed by atoms with van der Waals surface area (Å²) in [6, 6.07) is 17.3. The predicted octanol–water partition coefficient (Wildman–Crippen LogP) is 2.41. The lowest BCUT2D eigenvalue weighted by atomic mass is 10.1. The highest BCUT2D eigenvalue weighted by atomic mass is 16.1. The summed E-state index contributed by atoms with van der Waals surface area (Å²) >= 11 is 0. The minimum absolute atomic E-state index is 0.0633. The third kappa shape index (κ3) is 2.50. The number of carbonyl (C=O) groups excluding carboxylic acids is 1. The van der Waals surface area contributed by atoms with Gasteiger partial charge in [-0.05, 0) is 11.2 Å². The smallest absolute Gasteiger partial charge is 0.236 e. The van der Waals surface area contributed by atoms with Gasteiger partial charge in [0.25, 0.3) is 0 Å². The second-order valence-corrected chi connectivity index (χ2v) is 4.39. The van der Waals surface area contributed by atoms with Crippen molar-refractivity contribution in [2.75, 3.05) is 0 Å². The van der Waals surface area contributed by atoms with Crippen molar-refractivity contribution in [1.82, 2.24) is 5.10 Å². The molecule has 19 heavy (non-hydrogen) atoms. The molecule has 0 bridgehead atoms. The van der Waals surface area contributed by atoms with Crippen molar-refractivity contribution < 1.29 is 9.48 Å². The number of aromatic nitrogens is 2. The molecule has 0 saturated carbocycles. The van der Waals surface area contributed by atoms with E-state index in [0.717, 1.165) is 10.8 Å². The van der Waals surface area contributed by atoms with Gasteiger partial charge in [0.05, 0.1) is 0 Å². The molecule has 0 fully saturated rings. The van der Waals surface area contributed by atoms with Gasteiger partial charge in [0.2, 0.25) is 18.5 Å². The Morgan fingerprint density at radius 2 is 1.63 bits per heavy atom. The van der Waals surface area contributed by atoms with Crippen molar-refractivity contribution in [1.29, 1.82) is 0 Å². The van der Waals surface area contributed by atoms with Gasteiger partial charge in [-0.1, -0.05) is 53.2 Å². The third-order valence-electron chi connectivity index (χ3n) is 3.03. The molecule has 0 saturated heterocycles. The summed E-state index contributed by atoms with van der Waals surface area (Å²) in [5.74, 6) is 0.0633. The van der Waals surface area contributed by atoms with Gasteiger partial charge < -0.3 is 0 Å². The van der Waals surface area contributed by atoms with Crippen molar-refractivity contribution >= 4 is 16.6 Å². The molecule has 0 radical (unpaired) electrons. The number of carbonyl (C=O) groups is 1. The molecule has 92 valence electrons. The van der Waals surface area contributed by atoms with Crippen LogP contribution in [0.2, 0.25) is 0 Å². The quantitative estimate of drug-likeness (QED) is 0.527. The van der Waals surface area contributed by atoms with Crippen molar-refractivity contribution in [3.63, 3.8) is 0 Å². The largest absolute Gasteiger partial charge is 0.287 e. The minimum atomic E-state index is 0.0633. The second kappa shape index (κ2) is 4.98. The SMILES string of the molecule is O=C(C[n+]1cc2ccccc2cn1)c1ccccc1. The topological polar surface area (TPSA) is 33.8 Å². The lowest BCUT2D eigenvalue weighted by Gasteiger charge is -1.98. The Morgan fingerprint density at radius 3 is 2.42 bits per heavy atom. The van der Waals surface area contributed by atoms with Crippen LogP contribution < -0.4 is 4.68 Å². The molecule has 0 aliphatic heterocycles. The van der Waals surface area contributed by atoms with Crippen molar-refractivity contribution in [3.8, 4) is 0 Å². The van der Waals surface area contributed by atoms with Crippen LogP contribution in [-0.2, 0) is 6.54 Å². The van der Waals surface area contributed by atoms with Gasteiger partial charge in [-0.2, -0.15) is 0 Å². The molecule has 3 rings (SSSR count). The normalized spacial score (nSPS) is 10.5. The fourth-order valence-corrected chi connectivity index (χ4v) is 2.03. The van der Waals surface area contributed by atoms with Crippen LogP contribution in [0, 0.1) is 0 Å². The van der Waals surface area contributed by atoms with Crippen LogP contribution in [0.25, 0.3) is 10.8 Å². The van der Waals surface area contributed by atoms with Crippen LogP contribution in [-0.4, -0.2) is 10.9 Å². The van der Waals surface area contributed by atoms with E-state index in [4.69, 9.17) is 0 Å². The van der Waals surface area contributed by atoms with Gasteiger partial charge in [-0.3, -0.25) is 4.79 Å². The summed E-state index contributed by atoms with van der Waals surface area (Å²) in [5.41, 5.74) is 0.713. The molecule has 1 heterocycles. The monoisotopic (exact) mass is 249 g/mol. The Balaban J connectivity index is 1.87. The molecule has 0 aliphatic carbocycles. The molecular formula is C16H13N2O+. The molecule has 0 unspecified atom stereocenters. The summed E-state index contributed by atoms with van der Waals surface area (Å²) in [6.45, 7) is 0.259. The van der Waals surface area contributed by atoms with Gasteiger partial charge in [-0.15, -0.1) is 0 Å². The van der Waals surface area contributed by atoms with Crippen LogP contribution in [0.5, 0.6) is 0 Å². The summed E-state index contributed by atoms with van der Waals surface area (Å²) in [5, 5.41) is 6.42. The fraction of sp³-hybridized carbons (Fsp3) is 0.0625. The molecule has 0 N–H and O–H groups in total. The second-order valence-electron chi connectivity index (χ2n) is 4.39. The molecular weight excluding hydrogens is 236 g/mol. The van der Waals surface area contributed by atoms with Crippen LogP contribution >= 0.6 is 0 Å². The molecule has 2 aromatic carbocycles. The summed E-state index contributed by atoms with van der Waals surface area (Å²) in [7, 11) is 0. The average Bonchev–Trinajstić information content (AvgIpc) is 2.48. The first-order valence-electron chi connectivity index (χ1n) is 6.16. The lowest BCUT2D eigenvalue weighted by molar-refractivity contribution is -0.740. The number of hydrogen-bond donors (Lipinski definition) is 0. The van der Waals surface area contributed by atoms with E-state index in [1.807, 2.05) is 60.8 Å². The maximum absolute atomic E-state index is 12.1. The van der Waals surface area contributed by atoms with Crippen LogP contribution in [0.1, 0.15) is 10.4 Å². The van der Waals surface area contributed by atoms with Crippen molar-refractivity contribution in [2.24, 2.45) is 0 Å². The zero-order chi connectivity index (χ0) is 13.1. The Bertz CT molecular complexity index is 723. The van der Waals surface area contributed by atoms with Crippen molar-refractivity contribution in [2.45, 2.75) is 6.54 Å². The Labute approximate surface area is 111 Å². The molecule has 3 nitrogen and oxygen atoms in total. The molecule has 3 aromatic rings. The number of hydrogen-bond acceptors (Lipinski definition) is 2. The van der Waals surface area contributed by atoms with Gasteiger partial charge in [0.1, 0.15) is 6.20 Å². The van der Waals surface area contributed by atoms with E-state index in [1.54, 1.807) is 10.9 Å². The van der Waals surface area contributed by atoms with E-state index >= 15 is 0 Å². The van der Waals surface area contributed by atoms with E-state index < -0.39 is 0 Å². The highest BCUT2D eigenvalue weighted by Crippen LogP contribution is 2.08. The molecule has 0 spiro atoms. The first kappa shape index (κ1) is 11.5. The summed E-state index contributed by atoms with van der Waals surface area (Å²) < 4.78 is 1.68. The first-order chi connectivity index (χ1) is 9.33. The van der Waals surface area contributed by atoms with Gasteiger partial charge in [0.15, 0.2) is 0 Å². The molecule has 3 heteroatoms. The maximum atomic E-state index is 12.1. The average molecular weight is 249 g/mol. The molecule has 0 aliphatic rings. The van der Waals surface area contributed by atoms with Crippen molar-refractivity contribution in [3.05, 3.63) is 72.6 Å². The predicted molar refractivity (Wildman–Crippen MR) is 72.7 cm³/mol. The van der Waals surface area contributed by atoms with Gasteiger partial charge in [0, 0.05) is 16.3 Å². The van der Waals surface area contributed by atoms with E-state index in [9.17, 15) is 4.79 Å². The molecule has 1 aromatic heterocycles. The van der Waals surface area contributed by atoms with E-state index in [1.165, 1.54) is 0 Å². The van der Waals surface area contributed by atoms with Crippen LogP contribution in [0.15, 0.2) is 67.0 Å². The Kier molecular flexibility index (Phi) is 3.02. The van der Waals surface area contributed by atoms with Gasteiger partial charge >= 0.3 is 0 Å². The first-order valence-corrected chi connectivity index (χ1v) is 6.16. The number of nitrogens with zero attached hydrogens (tertiary/aromatic N) is 2. The number of fused-ring (bicyclic) bond motifs is 1. The highest BCUT2D eigenvalue weighted by Gasteiger charge is 2.13. The number of rotatable bonds is 3. The zero-order valence-electron chi connectivity index (χ0n) is 10.4. The summed E-state index contributed by atoms with van der Waals surface area (Å²) in [6.07, 6.45) is 3.68. The van der Waals surface area contributed by atoms with Crippen LogP contribution in [0.4, 0.5) is 0 Å².